The first kappa shape index (κ1) is 24.1. The molecule has 0 aliphatic rings. The van der Waals surface area contributed by atoms with Crippen molar-refractivity contribution in [2.75, 3.05) is 12.5 Å². The maximum Gasteiger partial charge on any atom is 0.417 e. The smallest absolute Gasteiger partial charge is 0.417 e. The van der Waals surface area contributed by atoms with Gasteiger partial charge >= 0.3 is 16.3 Å². The van der Waals surface area contributed by atoms with Crippen LogP contribution in [-0.4, -0.2) is 26.7 Å². The van der Waals surface area contributed by atoms with Gasteiger partial charge in [-0.3, -0.25) is 5.43 Å². The van der Waals surface area contributed by atoms with Gasteiger partial charge in [0.25, 0.3) is 0 Å². The van der Waals surface area contributed by atoms with Gasteiger partial charge in [0.15, 0.2) is 11.5 Å². The third kappa shape index (κ3) is 6.01. The molecule has 0 saturated heterocycles. The molecule has 3 aromatic rings. The van der Waals surface area contributed by atoms with Crippen molar-refractivity contribution in [2.24, 2.45) is 5.10 Å². The van der Waals surface area contributed by atoms with Crippen LogP contribution in [0.2, 0.25) is 0 Å². The molecule has 1 aromatic heterocycles. The summed E-state index contributed by atoms with van der Waals surface area (Å²) < 4.78 is 73.8. The summed E-state index contributed by atoms with van der Waals surface area (Å²) in [7, 11) is -2.73. The molecule has 0 atom stereocenters. The molecule has 0 unspecified atom stereocenters. The number of nitrogens with zero attached hydrogens (tertiary/aromatic N) is 2. The first-order chi connectivity index (χ1) is 15.5. The summed E-state index contributed by atoms with van der Waals surface area (Å²) in [6, 6.07) is 11.5. The number of hydrogen-bond donors (Lipinski definition) is 1. The predicted octanol–water partition coefficient (Wildman–Crippen LogP) is 4.94. The zero-order valence-corrected chi connectivity index (χ0v) is 18.7. The number of methoxy groups -OCH3 is 1. The molecule has 0 fully saturated rings. The Morgan fingerprint density at radius 3 is 2.42 bits per heavy atom. The number of rotatable bonds is 7. The lowest BCUT2D eigenvalue weighted by molar-refractivity contribution is -0.137. The zero-order chi connectivity index (χ0) is 24.2. The zero-order valence-electron chi connectivity index (χ0n) is 17.8. The van der Waals surface area contributed by atoms with Crippen LogP contribution in [0.5, 0.6) is 11.5 Å². The van der Waals surface area contributed by atoms with E-state index in [0.29, 0.717) is 17.3 Å². The van der Waals surface area contributed by atoms with Gasteiger partial charge in [-0.15, -0.1) is 0 Å². The molecule has 0 aliphatic heterocycles. The lowest BCUT2D eigenvalue weighted by Crippen LogP contribution is -2.12. The minimum atomic E-state index is -4.47. The van der Waals surface area contributed by atoms with E-state index in [4.69, 9.17) is 8.92 Å². The number of halogens is 3. The highest BCUT2D eigenvalue weighted by Crippen LogP contribution is 2.31. The summed E-state index contributed by atoms with van der Waals surface area (Å²) in [6.45, 7) is 3.45. The van der Waals surface area contributed by atoms with Gasteiger partial charge in [-0.25, -0.2) is 4.98 Å². The molecule has 0 saturated carbocycles. The monoisotopic (exact) mass is 479 g/mol. The summed E-state index contributed by atoms with van der Waals surface area (Å²) in [6.07, 6.45) is -2.41. The minimum absolute atomic E-state index is 0.00655. The van der Waals surface area contributed by atoms with Gasteiger partial charge in [-0.1, -0.05) is 12.1 Å². The van der Waals surface area contributed by atoms with Crippen molar-refractivity contribution < 1.29 is 30.5 Å². The SMILES string of the molecule is COc1cc(C=NNc2ccc(C(F)(F)F)cn2)ccc1OS(=O)(=O)c1cc(C)ccc1C. The topological polar surface area (TPSA) is 89.9 Å². The largest absolute Gasteiger partial charge is 0.493 e. The summed E-state index contributed by atoms with van der Waals surface area (Å²) >= 11 is 0. The molecule has 11 heteroatoms. The van der Waals surface area contributed by atoms with Gasteiger partial charge in [-0.05, 0) is 66.9 Å². The van der Waals surface area contributed by atoms with Crippen LogP contribution in [0.1, 0.15) is 22.3 Å². The molecule has 0 spiro atoms. The van der Waals surface area contributed by atoms with Gasteiger partial charge in [-0.2, -0.15) is 26.7 Å². The Morgan fingerprint density at radius 1 is 1.03 bits per heavy atom. The van der Waals surface area contributed by atoms with Gasteiger partial charge in [0, 0.05) is 6.20 Å². The van der Waals surface area contributed by atoms with Crippen LogP contribution >= 0.6 is 0 Å². The lowest BCUT2D eigenvalue weighted by atomic mass is 10.2. The number of hydrogen-bond acceptors (Lipinski definition) is 7. The Balaban J connectivity index is 1.75. The number of nitrogens with one attached hydrogen (secondary N) is 1. The molecule has 174 valence electrons. The standard InChI is InChI=1S/C22H20F3N3O4S/c1-14-4-5-15(2)20(10-14)33(29,30)32-18-8-6-16(11-19(18)31-3)12-27-28-21-9-7-17(13-26-21)22(23,24)25/h4-13H,1-3H3,(H,26,28). The Morgan fingerprint density at radius 2 is 1.79 bits per heavy atom. The average Bonchev–Trinajstić information content (AvgIpc) is 2.76. The second kappa shape index (κ2) is 9.49. The molecule has 0 radical (unpaired) electrons. The van der Waals surface area contributed by atoms with Crippen molar-refractivity contribution in [1.82, 2.24) is 4.98 Å². The van der Waals surface area contributed by atoms with Gasteiger partial charge < -0.3 is 8.92 Å². The molecule has 0 aliphatic carbocycles. The highest BCUT2D eigenvalue weighted by molar-refractivity contribution is 7.87. The van der Waals surface area contributed by atoms with E-state index in [0.717, 1.165) is 17.7 Å². The first-order valence-electron chi connectivity index (χ1n) is 9.52. The van der Waals surface area contributed by atoms with Crippen LogP contribution in [0, 0.1) is 13.8 Å². The summed E-state index contributed by atoms with van der Waals surface area (Å²) in [5.74, 6) is 0.263. The van der Waals surface area contributed by atoms with Gasteiger partial charge in [0.05, 0.1) is 18.9 Å². The molecule has 3 rings (SSSR count). The fraction of sp³-hybridized carbons (Fsp3) is 0.182. The van der Waals surface area contributed by atoms with Crippen molar-refractivity contribution in [2.45, 2.75) is 24.9 Å². The van der Waals surface area contributed by atoms with Crippen LogP contribution in [0.3, 0.4) is 0 Å². The maximum atomic E-state index is 12.8. The second-order valence-electron chi connectivity index (χ2n) is 7.02. The van der Waals surface area contributed by atoms with Crippen LogP contribution in [0.15, 0.2) is 64.7 Å². The van der Waals surface area contributed by atoms with Crippen molar-refractivity contribution in [3.8, 4) is 11.5 Å². The van der Waals surface area contributed by atoms with Crippen molar-refractivity contribution >= 4 is 22.2 Å². The number of aryl methyl sites for hydroxylation is 2. The van der Waals surface area contributed by atoms with E-state index in [-0.39, 0.29) is 22.2 Å². The Bertz CT molecular complexity index is 1280. The fourth-order valence-electron chi connectivity index (χ4n) is 2.77. The first-order valence-corrected chi connectivity index (χ1v) is 10.9. The van der Waals surface area contributed by atoms with E-state index >= 15 is 0 Å². The molecule has 1 N–H and O–H groups in total. The van der Waals surface area contributed by atoms with Crippen LogP contribution in [0.4, 0.5) is 19.0 Å². The molecule has 1 heterocycles. The summed E-state index contributed by atoms with van der Waals surface area (Å²) in [5.41, 5.74) is 3.49. The van der Waals surface area contributed by atoms with E-state index in [9.17, 15) is 21.6 Å². The highest BCUT2D eigenvalue weighted by atomic mass is 32.2. The molecule has 2 aromatic carbocycles. The number of aromatic nitrogens is 1. The Kier molecular flexibility index (Phi) is 6.92. The highest BCUT2D eigenvalue weighted by Gasteiger charge is 2.30. The van der Waals surface area contributed by atoms with Crippen molar-refractivity contribution in [3.63, 3.8) is 0 Å². The van der Waals surface area contributed by atoms with E-state index in [1.165, 1.54) is 31.5 Å². The minimum Gasteiger partial charge on any atom is -0.493 e. The van der Waals surface area contributed by atoms with Gasteiger partial charge in [0.2, 0.25) is 0 Å². The third-order valence-electron chi connectivity index (χ3n) is 4.48. The maximum absolute atomic E-state index is 12.8. The fourth-order valence-corrected chi connectivity index (χ4v) is 4.03. The molecular weight excluding hydrogens is 459 g/mol. The third-order valence-corrected chi connectivity index (χ3v) is 5.86. The molecule has 0 bridgehead atoms. The second-order valence-corrected chi connectivity index (χ2v) is 8.53. The summed E-state index contributed by atoms with van der Waals surface area (Å²) in [4.78, 5) is 3.71. The van der Waals surface area contributed by atoms with Crippen LogP contribution in [0.25, 0.3) is 0 Å². The summed E-state index contributed by atoms with van der Waals surface area (Å²) in [5, 5.41) is 3.92. The molecular formula is C22H20F3N3O4S. The van der Waals surface area contributed by atoms with E-state index < -0.39 is 21.9 Å². The normalized spacial score (nSPS) is 12.1. The van der Waals surface area contributed by atoms with E-state index in [1.54, 1.807) is 32.0 Å². The number of alkyl halides is 3. The van der Waals surface area contributed by atoms with Crippen molar-refractivity contribution in [3.05, 3.63) is 77.0 Å². The number of benzene rings is 2. The number of anilines is 1. The lowest BCUT2D eigenvalue weighted by Gasteiger charge is -2.13. The molecule has 0 amide bonds. The van der Waals surface area contributed by atoms with Crippen LogP contribution < -0.4 is 14.3 Å². The van der Waals surface area contributed by atoms with Gasteiger partial charge in [0.1, 0.15) is 10.7 Å². The molecule has 33 heavy (non-hydrogen) atoms. The van der Waals surface area contributed by atoms with E-state index in [2.05, 4.69) is 15.5 Å². The number of ether oxygens (including phenoxy) is 1. The molecule has 7 nitrogen and oxygen atoms in total. The van der Waals surface area contributed by atoms with Crippen molar-refractivity contribution in [1.29, 1.82) is 0 Å². The Labute approximate surface area is 189 Å². The van der Waals surface area contributed by atoms with Crippen LogP contribution in [-0.2, 0) is 16.3 Å². The average molecular weight is 479 g/mol. The number of pyridine rings is 1. The predicted molar refractivity (Wildman–Crippen MR) is 117 cm³/mol. The van der Waals surface area contributed by atoms with E-state index in [1.807, 2.05) is 0 Å². The Hall–Kier alpha value is -3.60. The quantitative estimate of drug-likeness (QED) is 0.293. The number of hydrazone groups is 1.